The molecule has 0 heterocycles. The minimum Gasteiger partial charge on any atom is -0.395 e. The van der Waals surface area contributed by atoms with Gasteiger partial charge in [-0.2, -0.15) is 0 Å². The largest absolute Gasteiger partial charge is 0.395 e. The van der Waals surface area contributed by atoms with Gasteiger partial charge in [0.1, 0.15) is 0 Å². The minimum absolute atomic E-state index is 0.0650. The zero-order valence-corrected chi connectivity index (χ0v) is 9.39. The van der Waals surface area contributed by atoms with Crippen molar-refractivity contribution < 1.29 is 9.84 Å². The molecule has 0 fully saturated rings. The average Bonchev–Trinajstić information content (AvgIpc) is 2.27. The molecule has 0 radical (unpaired) electrons. The molecule has 0 bridgehead atoms. The van der Waals surface area contributed by atoms with E-state index >= 15 is 0 Å². The van der Waals surface area contributed by atoms with E-state index in [0.717, 1.165) is 6.54 Å². The molecule has 0 unspecified atom stereocenters. The lowest BCUT2D eigenvalue weighted by atomic mass is 10.2. The van der Waals surface area contributed by atoms with Gasteiger partial charge in [-0.1, -0.05) is 30.3 Å². The highest BCUT2D eigenvalue weighted by Gasteiger charge is 2.13. The molecule has 0 spiro atoms. The van der Waals surface area contributed by atoms with E-state index in [9.17, 15) is 5.11 Å². The number of methoxy groups -OCH3 is 1. The second-order valence-electron chi connectivity index (χ2n) is 3.69. The van der Waals surface area contributed by atoms with E-state index in [-0.39, 0.29) is 12.6 Å². The van der Waals surface area contributed by atoms with E-state index in [1.165, 1.54) is 5.56 Å². The average molecular weight is 209 g/mol. The fourth-order valence-electron chi connectivity index (χ4n) is 1.51. The predicted octanol–water partition coefficient (Wildman–Crippen LogP) is 1.13. The topological polar surface area (TPSA) is 32.7 Å². The van der Waals surface area contributed by atoms with Crippen LogP contribution in [0.3, 0.4) is 0 Å². The summed E-state index contributed by atoms with van der Waals surface area (Å²) in [6.45, 7) is 1.51. The van der Waals surface area contributed by atoms with Crippen LogP contribution in [-0.2, 0) is 11.3 Å². The van der Waals surface area contributed by atoms with Crippen LogP contribution in [-0.4, -0.2) is 43.4 Å². The van der Waals surface area contributed by atoms with Crippen LogP contribution >= 0.6 is 0 Å². The summed E-state index contributed by atoms with van der Waals surface area (Å²) in [7, 11) is 3.64. The Hall–Kier alpha value is -0.900. The fourth-order valence-corrected chi connectivity index (χ4v) is 1.51. The zero-order valence-electron chi connectivity index (χ0n) is 9.39. The third kappa shape index (κ3) is 4.00. The van der Waals surface area contributed by atoms with Crippen LogP contribution in [0.25, 0.3) is 0 Å². The van der Waals surface area contributed by atoms with E-state index < -0.39 is 0 Å². The molecule has 0 aliphatic carbocycles. The van der Waals surface area contributed by atoms with Crippen molar-refractivity contribution in [1.29, 1.82) is 0 Å². The molecule has 84 valence electrons. The van der Waals surface area contributed by atoms with Gasteiger partial charge in [-0.05, 0) is 12.6 Å². The van der Waals surface area contributed by atoms with Gasteiger partial charge in [-0.3, -0.25) is 4.90 Å². The molecule has 0 amide bonds. The molecule has 0 saturated carbocycles. The Kier molecular flexibility index (Phi) is 5.32. The van der Waals surface area contributed by atoms with Crippen molar-refractivity contribution in [3.05, 3.63) is 35.9 Å². The van der Waals surface area contributed by atoms with Gasteiger partial charge in [-0.15, -0.1) is 0 Å². The van der Waals surface area contributed by atoms with Crippen LogP contribution in [0.5, 0.6) is 0 Å². The maximum Gasteiger partial charge on any atom is 0.0640 e. The number of nitrogens with zero attached hydrogens (tertiary/aromatic N) is 1. The smallest absolute Gasteiger partial charge is 0.0640 e. The first-order valence-electron chi connectivity index (χ1n) is 5.12. The maximum atomic E-state index is 9.18. The molecule has 1 atom stereocenters. The molecule has 0 aliphatic heterocycles. The molecule has 1 aromatic rings. The molecular weight excluding hydrogens is 190 g/mol. The van der Waals surface area contributed by atoms with Crippen LogP contribution in [0.2, 0.25) is 0 Å². The van der Waals surface area contributed by atoms with Gasteiger partial charge in [0.05, 0.1) is 19.3 Å². The van der Waals surface area contributed by atoms with Crippen LogP contribution in [0, 0.1) is 0 Å². The second-order valence-corrected chi connectivity index (χ2v) is 3.69. The normalized spacial score (nSPS) is 13.1. The van der Waals surface area contributed by atoms with Crippen molar-refractivity contribution in [2.24, 2.45) is 0 Å². The van der Waals surface area contributed by atoms with Gasteiger partial charge in [0.25, 0.3) is 0 Å². The highest BCUT2D eigenvalue weighted by molar-refractivity contribution is 5.14. The monoisotopic (exact) mass is 209 g/mol. The van der Waals surface area contributed by atoms with Crippen LogP contribution in [0.1, 0.15) is 5.56 Å². The predicted molar refractivity (Wildman–Crippen MR) is 60.7 cm³/mol. The van der Waals surface area contributed by atoms with Crippen molar-refractivity contribution in [3.8, 4) is 0 Å². The molecule has 1 rings (SSSR count). The van der Waals surface area contributed by atoms with E-state index in [0.29, 0.717) is 6.61 Å². The number of rotatable bonds is 6. The van der Waals surface area contributed by atoms with Crippen molar-refractivity contribution in [1.82, 2.24) is 4.90 Å². The molecule has 3 nitrogen and oxygen atoms in total. The number of benzene rings is 1. The lowest BCUT2D eigenvalue weighted by Crippen LogP contribution is -2.37. The number of aliphatic hydroxyl groups excluding tert-OH is 1. The number of hydrogen-bond donors (Lipinski definition) is 1. The third-order valence-electron chi connectivity index (χ3n) is 2.47. The van der Waals surface area contributed by atoms with Gasteiger partial charge in [0, 0.05) is 13.7 Å². The summed E-state index contributed by atoms with van der Waals surface area (Å²) >= 11 is 0. The lowest BCUT2D eigenvalue weighted by molar-refractivity contribution is 0.0630. The summed E-state index contributed by atoms with van der Waals surface area (Å²) in [6, 6.07) is 10.3. The van der Waals surface area contributed by atoms with E-state index in [1.807, 2.05) is 25.2 Å². The van der Waals surface area contributed by atoms with E-state index in [2.05, 4.69) is 17.0 Å². The Morgan fingerprint density at radius 3 is 2.53 bits per heavy atom. The molecule has 0 saturated heterocycles. The van der Waals surface area contributed by atoms with Crippen LogP contribution in [0.15, 0.2) is 30.3 Å². The first-order chi connectivity index (χ1) is 7.27. The van der Waals surface area contributed by atoms with Crippen LogP contribution in [0.4, 0.5) is 0 Å². The van der Waals surface area contributed by atoms with Gasteiger partial charge >= 0.3 is 0 Å². The molecule has 1 aromatic carbocycles. The zero-order chi connectivity index (χ0) is 11.1. The highest BCUT2D eigenvalue weighted by Crippen LogP contribution is 2.06. The summed E-state index contributed by atoms with van der Waals surface area (Å²) in [5.41, 5.74) is 1.24. The first kappa shape index (κ1) is 12.2. The molecule has 15 heavy (non-hydrogen) atoms. The SMILES string of the molecule is COC[C@@H](CO)N(C)Cc1ccccc1. The highest BCUT2D eigenvalue weighted by atomic mass is 16.5. The Labute approximate surface area is 91.3 Å². The fraction of sp³-hybridized carbons (Fsp3) is 0.500. The molecule has 0 aliphatic rings. The van der Waals surface area contributed by atoms with Gasteiger partial charge in [0.2, 0.25) is 0 Å². The summed E-state index contributed by atoms with van der Waals surface area (Å²) in [4.78, 5) is 2.10. The minimum atomic E-state index is 0.0650. The summed E-state index contributed by atoms with van der Waals surface area (Å²) in [5.74, 6) is 0. The summed E-state index contributed by atoms with van der Waals surface area (Å²) in [6.07, 6.45) is 0. The second kappa shape index (κ2) is 6.56. The Balaban J connectivity index is 2.50. The lowest BCUT2D eigenvalue weighted by Gasteiger charge is -2.25. The number of ether oxygens (including phenoxy) is 1. The number of hydrogen-bond acceptors (Lipinski definition) is 3. The van der Waals surface area contributed by atoms with E-state index in [4.69, 9.17) is 4.74 Å². The Bertz CT molecular complexity index is 264. The Morgan fingerprint density at radius 1 is 1.33 bits per heavy atom. The summed E-state index contributed by atoms with van der Waals surface area (Å²) < 4.78 is 5.05. The van der Waals surface area contributed by atoms with Crippen molar-refractivity contribution in [2.75, 3.05) is 27.4 Å². The molecule has 1 N–H and O–H groups in total. The number of aliphatic hydroxyl groups is 1. The van der Waals surface area contributed by atoms with Crippen LogP contribution < -0.4 is 0 Å². The quantitative estimate of drug-likeness (QED) is 0.762. The molecular formula is C12H19NO2. The van der Waals surface area contributed by atoms with Gasteiger partial charge in [-0.25, -0.2) is 0 Å². The van der Waals surface area contributed by atoms with Gasteiger partial charge in [0.15, 0.2) is 0 Å². The van der Waals surface area contributed by atoms with Crippen molar-refractivity contribution >= 4 is 0 Å². The van der Waals surface area contributed by atoms with E-state index in [1.54, 1.807) is 7.11 Å². The first-order valence-corrected chi connectivity index (χ1v) is 5.12. The van der Waals surface area contributed by atoms with Gasteiger partial charge < -0.3 is 9.84 Å². The van der Waals surface area contributed by atoms with Crippen molar-refractivity contribution in [3.63, 3.8) is 0 Å². The molecule has 0 aromatic heterocycles. The molecule has 3 heteroatoms. The Morgan fingerprint density at radius 2 is 2.00 bits per heavy atom. The summed E-state index contributed by atoms with van der Waals surface area (Å²) in [5, 5.41) is 9.18. The number of likely N-dealkylation sites (N-methyl/N-ethyl adjacent to an activating group) is 1. The third-order valence-corrected chi connectivity index (χ3v) is 2.47. The van der Waals surface area contributed by atoms with Crippen molar-refractivity contribution in [2.45, 2.75) is 12.6 Å². The maximum absolute atomic E-state index is 9.18. The standard InChI is InChI=1S/C12H19NO2/c1-13(12(9-14)10-15-2)8-11-6-4-3-5-7-11/h3-7,12,14H,8-10H2,1-2H3/t12-/m1/s1.